The first kappa shape index (κ1) is 13.9. The fourth-order valence-corrected chi connectivity index (χ4v) is 5.50. The monoisotopic (exact) mass is 280 g/mol. The molecule has 0 aromatic rings. The van der Waals surface area contributed by atoms with Crippen LogP contribution in [0.1, 0.15) is 52.4 Å². The summed E-state index contributed by atoms with van der Waals surface area (Å²) in [5.74, 6) is 1.08. The third-order valence-electron chi connectivity index (χ3n) is 5.47. The maximum Gasteiger partial charge on any atom is 0.302 e. The van der Waals surface area contributed by atoms with Gasteiger partial charge in [0.2, 0.25) is 0 Å². The van der Waals surface area contributed by atoms with E-state index in [1.807, 2.05) is 0 Å². The molecule has 4 rings (SSSR count). The van der Waals surface area contributed by atoms with Gasteiger partial charge in [0.15, 0.2) is 0 Å². The smallest absolute Gasteiger partial charge is 0.302 e. The summed E-state index contributed by atoms with van der Waals surface area (Å²) < 4.78 is 10.7. The van der Waals surface area contributed by atoms with Gasteiger partial charge in [0.05, 0.1) is 13.2 Å². The second-order valence-electron chi connectivity index (χ2n) is 7.52. The molecule has 0 spiro atoms. The van der Waals surface area contributed by atoms with E-state index in [0.717, 1.165) is 18.3 Å². The van der Waals surface area contributed by atoms with E-state index in [1.54, 1.807) is 0 Å². The topological polar surface area (TPSA) is 52.6 Å². The Balaban J connectivity index is 1.74. The maximum atomic E-state index is 11.1. The van der Waals surface area contributed by atoms with Gasteiger partial charge in [0.25, 0.3) is 0 Å². The quantitative estimate of drug-likeness (QED) is 0.743. The number of esters is 2. The van der Waals surface area contributed by atoms with Crippen LogP contribution >= 0.6 is 0 Å². The van der Waals surface area contributed by atoms with E-state index in [1.165, 1.54) is 46.0 Å². The van der Waals surface area contributed by atoms with Gasteiger partial charge in [-0.2, -0.15) is 0 Å². The lowest BCUT2D eigenvalue weighted by atomic mass is 9.44. The molecule has 4 nitrogen and oxygen atoms in total. The van der Waals surface area contributed by atoms with E-state index in [9.17, 15) is 9.59 Å². The summed E-state index contributed by atoms with van der Waals surface area (Å²) >= 11 is 0. The average molecular weight is 280 g/mol. The number of carbonyl (C=O) groups excluding carboxylic acids is 2. The van der Waals surface area contributed by atoms with Gasteiger partial charge in [-0.25, -0.2) is 0 Å². The molecule has 4 bridgehead atoms. The van der Waals surface area contributed by atoms with Gasteiger partial charge in [-0.15, -0.1) is 0 Å². The van der Waals surface area contributed by atoms with Crippen molar-refractivity contribution in [1.82, 2.24) is 0 Å². The summed E-state index contributed by atoms with van der Waals surface area (Å²) in [6.45, 7) is 4.07. The highest BCUT2D eigenvalue weighted by Gasteiger charge is 2.58. The second-order valence-corrected chi connectivity index (χ2v) is 7.52. The van der Waals surface area contributed by atoms with Crippen LogP contribution in [0, 0.1) is 22.7 Å². The van der Waals surface area contributed by atoms with Crippen molar-refractivity contribution in [2.75, 3.05) is 13.2 Å². The summed E-state index contributed by atoms with van der Waals surface area (Å²) in [4.78, 5) is 22.3. The molecule has 0 aromatic carbocycles. The number of ether oxygens (including phenoxy) is 2. The third kappa shape index (κ3) is 2.57. The minimum absolute atomic E-state index is 0.149. The van der Waals surface area contributed by atoms with Crippen LogP contribution in [0.4, 0.5) is 0 Å². The molecule has 0 unspecified atom stereocenters. The highest BCUT2D eigenvalue weighted by molar-refractivity contribution is 5.66. The summed E-state index contributed by atoms with van der Waals surface area (Å²) in [6.07, 6.45) is 7.08. The van der Waals surface area contributed by atoms with Crippen molar-refractivity contribution >= 4 is 11.9 Å². The lowest BCUT2D eigenvalue weighted by Gasteiger charge is -2.61. The molecule has 4 fully saturated rings. The van der Waals surface area contributed by atoms with Crippen molar-refractivity contribution in [3.05, 3.63) is 0 Å². The lowest BCUT2D eigenvalue weighted by molar-refractivity contribution is -0.176. The Kier molecular flexibility index (Phi) is 3.30. The first-order chi connectivity index (χ1) is 9.40. The molecule has 4 saturated carbocycles. The Hall–Kier alpha value is -1.06. The van der Waals surface area contributed by atoms with Crippen LogP contribution in [-0.4, -0.2) is 25.2 Å². The molecule has 0 heterocycles. The van der Waals surface area contributed by atoms with Gasteiger partial charge in [-0.3, -0.25) is 9.59 Å². The Morgan fingerprint density at radius 2 is 1.30 bits per heavy atom. The lowest BCUT2D eigenvalue weighted by Crippen LogP contribution is -2.55. The molecule has 0 aliphatic heterocycles. The molecule has 0 saturated heterocycles. The molecule has 112 valence electrons. The first-order valence-corrected chi connectivity index (χ1v) is 7.67. The number of carbonyl (C=O) groups is 2. The summed E-state index contributed by atoms with van der Waals surface area (Å²) in [6, 6.07) is 0. The zero-order chi connectivity index (χ0) is 14.4. The molecule has 0 N–H and O–H groups in total. The summed E-state index contributed by atoms with van der Waals surface area (Å²) in [5.41, 5.74) is 0.297. The predicted octanol–water partition coefficient (Wildman–Crippen LogP) is 2.70. The van der Waals surface area contributed by atoms with E-state index < -0.39 is 0 Å². The van der Waals surface area contributed by atoms with Gasteiger partial charge in [-0.1, -0.05) is 0 Å². The molecule has 0 amide bonds. The number of hydrogen-bond donors (Lipinski definition) is 0. The van der Waals surface area contributed by atoms with Gasteiger partial charge in [0.1, 0.15) is 0 Å². The Morgan fingerprint density at radius 3 is 1.65 bits per heavy atom. The second kappa shape index (κ2) is 4.74. The minimum Gasteiger partial charge on any atom is -0.465 e. The van der Waals surface area contributed by atoms with E-state index in [0.29, 0.717) is 13.2 Å². The number of rotatable bonds is 4. The third-order valence-corrected chi connectivity index (χ3v) is 5.47. The van der Waals surface area contributed by atoms with Gasteiger partial charge < -0.3 is 9.47 Å². The van der Waals surface area contributed by atoms with Crippen molar-refractivity contribution in [3.8, 4) is 0 Å². The SMILES string of the molecule is CC(=O)OCC12CC3CC(C1)CC(COC(C)=O)(C3)C2. The van der Waals surface area contributed by atoms with E-state index in [-0.39, 0.29) is 22.8 Å². The Morgan fingerprint density at radius 1 is 0.900 bits per heavy atom. The first-order valence-electron chi connectivity index (χ1n) is 7.67. The van der Waals surface area contributed by atoms with Crippen LogP contribution in [-0.2, 0) is 19.1 Å². The molecule has 4 heteroatoms. The van der Waals surface area contributed by atoms with E-state index in [4.69, 9.17) is 9.47 Å². The van der Waals surface area contributed by atoms with Crippen LogP contribution in [0.5, 0.6) is 0 Å². The van der Waals surface area contributed by atoms with Crippen LogP contribution < -0.4 is 0 Å². The molecule has 0 radical (unpaired) electrons. The van der Waals surface area contributed by atoms with Crippen molar-refractivity contribution in [2.45, 2.75) is 52.4 Å². The molecule has 0 atom stereocenters. The van der Waals surface area contributed by atoms with Crippen LogP contribution in [0.25, 0.3) is 0 Å². The van der Waals surface area contributed by atoms with Crippen molar-refractivity contribution < 1.29 is 19.1 Å². The van der Waals surface area contributed by atoms with E-state index in [2.05, 4.69) is 0 Å². The molecule has 20 heavy (non-hydrogen) atoms. The fourth-order valence-electron chi connectivity index (χ4n) is 5.50. The van der Waals surface area contributed by atoms with Crippen LogP contribution in [0.15, 0.2) is 0 Å². The van der Waals surface area contributed by atoms with Crippen LogP contribution in [0.2, 0.25) is 0 Å². The molecule has 4 aliphatic rings. The van der Waals surface area contributed by atoms with Gasteiger partial charge >= 0.3 is 11.9 Å². The predicted molar refractivity (Wildman–Crippen MR) is 72.8 cm³/mol. The summed E-state index contributed by atoms with van der Waals surface area (Å²) in [7, 11) is 0. The fraction of sp³-hybridized carbons (Fsp3) is 0.875. The van der Waals surface area contributed by atoms with E-state index >= 15 is 0 Å². The van der Waals surface area contributed by atoms with Crippen molar-refractivity contribution in [1.29, 1.82) is 0 Å². The normalized spacial score (nSPS) is 41.5. The standard InChI is InChI=1S/C16H24O4/c1-11(17)19-9-15-4-13-3-14(5-15)7-16(6-13,8-15)10-20-12(2)18/h13-14H,3-10H2,1-2H3. The molecule has 4 aliphatic carbocycles. The molecule has 0 aromatic heterocycles. The molecular formula is C16H24O4. The highest BCUT2D eigenvalue weighted by Crippen LogP contribution is 2.65. The zero-order valence-electron chi connectivity index (χ0n) is 12.4. The van der Waals surface area contributed by atoms with Crippen molar-refractivity contribution in [2.24, 2.45) is 22.7 Å². The maximum absolute atomic E-state index is 11.1. The molecular weight excluding hydrogens is 256 g/mol. The highest BCUT2D eigenvalue weighted by atomic mass is 16.5. The number of hydrogen-bond acceptors (Lipinski definition) is 4. The average Bonchev–Trinajstić information content (AvgIpc) is 2.33. The summed E-state index contributed by atoms with van der Waals surface area (Å²) in [5, 5.41) is 0. The Bertz CT molecular complexity index is 378. The van der Waals surface area contributed by atoms with Crippen molar-refractivity contribution in [3.63, 3.8) is 0 Å². The van der Waals surface area contributed by atoms with Gasteiger partial charge in [-0.05, 0) is 50.4 Å². The zero-order valence-corrected chi connectivity index (χ0v) is 12.4. The minimum atomic E-state index is -0.185. The largest absolute Gasteiger partial charge is 0.465 e. The Labute approximate surface area is 120 Å². The van der Waals surface area contributed by atoms with Gasteiger partial charge in [0, 0.05) is 24.7 Å². The van der Waals surface area contributed by atoms with Crippen LogP contribution in [0.3, 0.4) is 0 Å².